The van der Waals surface area contributed by atoms with Crippen LogP contribution in [0.15, 0.2) is 35.7 Å². The number of fused-ring (bicyclic) bond motifs is 1. The predicted molar refractivity (Wildman–Crippen MR) is 88.5 cm³/mol. The standard InChI is InChI=1S/C16H15N3O4S/c1-10-17-11(9-24-10)6-7-15(20)18-19-16(21)14-8-22-12-4-2-3-5-13(12)23-14/h2-7,9,14H,8H2,1H3,(H,18,20)(H,19,21). The maximum atomic E-state index is 12.0. The smallest absolute Gasteiger partial charge is 0.283 e. The Morgan fingerprint density at radius 2 is 2.08 bits per heavy atom. The normalized spacial score (nSPS) is 16.0. The van der Waals surface area contributed by atoms with E-state index in [1.54, 1.807) is 24.3 Å². The van der Waals surface area contributed by atoms with Crippen molar-refractivity contribution >= 4 is 29.2 Å². The van der Waals surface area contributed by atoms with Crippen LogP contribution in [0.5, 0.6) is 11.5 Å². The molecule has 3 rings (SSSR count). The molecule has 124 valence electrons. The third-order valence-electron chi connectivity index (χ3n) is 3.15. The number of aryl methyl sites for hydroxylation is 1. The van der Waals surface area contributed by atoms with Crippen LogP contribution >= 0.6 is 11.3 Å². The number of rotatable bonds is 3. The SMILES string of the molecule is Cc1nc(C=CC(=O)NNC(=O)C2COc3ccccc3O2)cs1. The van der Waals surface area contributed by atoms with Crippen molar-refractivity contribution in [2.75, 3.05) is 6.61 Å². The number of amides is 2. The highest BCUT2D eigenvalue weighted by Gasteiger charge is 2.27. The quantitative estimate of drug-likeness (QED) is 0.649. The van der Waals surface area contributed by atoms with Crippen molar-refractivity contribution < 1.29 is 19.1 Å². The van der Waals surface area contributed by atoms with Crippen LogP contribution in [0.2, 0.25) is 0 Å². The average Bonchev–Trinajstić information content (AvgIpc) is 3.02. The second-order valence-electron chi connectivity index (χ2n) is 4.97. The van der Waals surface area contributed by atoms with Crippen LogP contribution in [0.3, 0.4) is 0 Å². The molecule has 24 heavy (non-hydrogen) atoms. The van der Waals surface area contributed by atoms with Gasteiger partial charge in [-0.1, -0.05) is 12.1 Å². The molecule has 8 heteroatoms. The summed E-state index contributed by atoms with van der Waals surface area (Å²) in [5.74, 6) is 0.128. The van der Waals surface area contributed by atoms with Crippen LogP contribution in [0, 0.1) is 6.92 Å². The second-order valence-corrected chi connectivity index (χ2v) is 6.03. The fourth-order valence-electron chi connectivity index (χ4n) is 2.01. The van der Waals surface area contributed by atoms with Gasteiger partial charge in [-0.3, -0.25) is 20.4 Å². The molecule has 0 fully saturated rings. The summed E-state index contributed by atoms with van der Waals surface area (Å²) in [5.41, 5.74) is 5.30. The summed E-state index contributed by atoms with van der Waals surface area (Å²) in [6, 6.07) is 7.08. The van der Waals surface area contributed by atoms with Gasteiger partial charge >= 0.3 is 0 Å². The van der Waals surface area contributed by atoms with E-state index in [-0.39, 0.29) is 6.61 Å². The van der Waals surface area contributed by atoms with Crippen molar-refractivity contribution in [3.63, 3.8) is 0 Å². The minimum absolute atomic E-state index is 0.0760. The van der Waals surface area contributed by atoms with Crippen molar-refractivity contribution in [3.05, 3.63) is 46.4 Å². The summed E-state index contributed by atoms with van der Waals surface area (Å²) in [5, 5.41) is 2.75. The summed E-state index contributed by atoms with van der Waals surface area (Å²) in [4.78, 5) is 27.9. The number of carbonyl (C=O) groups is 2. The lowest BCUT2D eigenvalue weighted by Gasteiger charge is -2.25. The second kappa shape index (κ2) is 7.14. The van der Waals surface area contributed by atoms with E-state index in [0.29, 0.717) is 17.2 Å². The summed E-state index contributed by atoms with van der Waals surface area (Å²) >= 11 is 1.49. The summed E-state index contributed by atoms with van der Waals surface area (Å²) in [6.45, 7) is 1.96. The highest BCUT2D eigenvalue weighted by Crippen LogP contribution is 2.30. The number of aromatic nitrogens is 1. The average molecular weight is 345 g/mol. The maximum absolute atomic E-state index is 12.0. The van der Waals surface area contributed by atoms with Crippen LogP contribution in [0.4, 0.5) is 0 Å². The highest BCUT2D eigenvalue weighted by atomic mass is 32.1. The number of hydrazine groups is 1. The Morgan fingerprint density at radius 1 is 1.29 bits per heavy atom. The first-order valence-corrected chi connectivity index (χ1v) is 8.08. The van der Waals surface area contributed by atoms with Gasteiger partial charge in [0.05, 0.1) is 10.7 Å². The van der Waals surface area contributed by atoms with Gasteiger partial charge in [-0.25, -0.2) is 4.98 Å². The van der Waals surface area contributed by atoms with Crippen molar-refractivity contribution in [2.24, 2.45) is 0 Å². The molecule has 7 nitrogen and oxygen atoms in total. The van der Waals surface area contributed by atoms with Crippen LogP contribution in [0.1, 0.15) is 10.7 Å². The zero-order valence-electron chi connectivity index (χ0n) is 12.8. The molecule has 1 unspecified atom stereocenters. The third-order valence-corrected chi connectivity index (χ3v) is 3.94. The van der Waals surface area contributed by atoms with E-state index in [4.69, 9.17) is 9.47 Å². The lowest BCUT2D eigenvalue weighted by atomic mass is 10.2. The van der Waals surface area contributed by atoms with Gasteiger partial charge < -0.3 is 9.47 Å². The van der Waals surface area contributed by atoms with Gasteiger partial charge in [0.15, 0.2) is 11.5 Å². The molecule has 2 heterocycles. The fraction of sp³-hybridized carbons (Fsp3) is 0.188. The van der Waals surface area contributed by atoms with Gasteiger partial charge in [-0.05, 0) is 25.1 Å². The molecule has 2 amide bonds. The van der Waals surface area contributed by atoms with E-state index in [0.717, 1.165) is 5.01 Å². The molecule has 0 saturated heterocycles. The number of nitrogens with zero attached hydrogens (tertiary/aromatic N) is 1. The number of carbonyl (C=O) groups excluding carboxylic acids is 2. The number of hydrogen-bond donors (Lipinski definition) is 2. The molecule has 0 spiro atoms. The largest absolute Gasteiger partial charge is 0.485 e. The minimum Gasteiger partial charge on any atom is -0.485 e. The van der Waals surface area contributed by atoms with Crippen LogP contribution in [-0.2, 0) is 9.59 Å². The lowest BCUT2D eigenvalue weighted by molar-refractivity contribution is -0.134. The molecule has 1 aromatic heterocycles. The first-order chi connectivity index (χ1) is 11.6. The van der Waals surface area contributed by atoms with Crippen molar-refractivity contribution in [2.45, 2.75) is 13.0 Å². The molecule has 0 aliphatic carbocycles. The molecule has 2 aromatic rings. The molecule has 1 aliphatic rings. The van der Waals surface area contributed by atoms with Crippen molar-refractivity contribution in [3.8, 4) is 11.5 Å². The Hall–Kier alpha value is -2.87. The molecule has 1 atom stereocenters. The van der Waals surface area contributed by atoms with Crippen molar-refractivity contribution in [1.82, 2.24) is 15.8 Å². The predicted octanol–water partition coefficient (Wildman–Crippen LogP) is 1.45. The molecular weight excluding hydrogens is 330 g/mol. The number of para-hydroxylation sites is 2. The number of ether oxygens (including phenoxy) is 2. The fourth-order valence-corrected chi connectivity index (χ4v) is 2.59. The lowest BCUT2D eigenvalue weighted by Crippen LogP contribution is -2.50. The molecule has 1 aromatic carbocycles. The minimum atomic E-state index is -0.828. The Labute approximate surface area is 142 Å². The monoisotopic (exact) mass is 345 g/mol. The van der Waals surface area contributed by atoms with E-state index >= 15 is 0 Å². The van der Waals surface area contributed by atoms with E-state index in [2.05, 4.69) is 15.8 Å². The van der Waals surface area contributed by atoms with E-state index in [9.17, 15) is 9.59 Å². The number of nitrogens with one attached hydrogen (secondary N) is 2. The molecule has 0 saturated carbocycles. The van der Waals surface area contributed by atoms with Crippen molar-refractivity contribution in [1.29, 1.82) is 0 Å². The first kappa shape index (κ1) is 16.0. The Morgan fingerprint density at radius 3 is 2.83 bits per heavy atom. The third kappa shape index (κ3) is 3.90. The van der Waals surface area contributed by atoms with E-state index in [1.165, 1.54) is 17.4 Å². The van der Waals surface area contributed by atoms with Gasteiger partial charge in [0, 0.05) is 11.5 Å². The van der Waals surface area contributed by atoms with Crippen LogP contribution in [0.25, 0.3) is 6.08 Å². The Bertz CT molecular complexity index is 787. The van der Waals surface area contributed by atoms with Gasteiger partial charge in [0.2, 0.25) is 6.10 Å². The maximum Gasteiger partial charge on any atom is 0.283 e. The Balaban J connectivity index is 1.49. The van der Waals surface area contributed by atoms with Crippen LogP contribution in [-0.4, -0.2) is 29.5 Å². The Kier molecular flexibility index (Phi) is 4.76. The molecular formula is C16H15N3O4S. The molecule has 0 bridgehead atoms. The summed E-state index contributed by atoms with van der Waals surface area (Å²) in [6.07, 6.45) is 2.04. The van der Waals surface area contributed by atoms with Crippen LogP contribution < -0.4 is 20.3 Å². The van der Waals surface area contributed by atoms with Gasteiger partial charge in [-0.15, -0.1) is 11.3 Å². The highest BCUT2D eigenvalue weighted by molar-refractivity contribution is 7.09. The zero-order valence-corrected chi connectivity index (χ0v) is 13.6. The molecule has 2 N–H and O–H groups in total. The molecule has 0 radical (unpaired) electrons. The number of benzene rings is 1. The van der Waals surface area contributed by atoms with E-state index < -0.39 is 17.9 Å². The summed E-state index contributed by atoms with van der Waals surface area (Å²) < 4.78 is 11.0. The number of hydrogen-bond acceptors (Lipinski definition) is 6. The topological polar surface area (TPSA) is 89.6 Å². The first-order valence-electron chi connectivity index (χ1n) is 7.20. The number of thiazole rings is 1. The zero-order chi connectivity index (χ0) is 16.9. The van der Waals surface area contributed by atoms with Gasteiger partial charge in [-0.2, -0.15) is 0 Å². The van der Waals surface area contributed by atoms with E-state index in [1.807, 2.05) is 18.4 Å². The molecule has 1 aliphatic heterocycles. The van der Waals surface area contributed by atoms with Gasteiger partial charge in [0.1, 0.15) is 6.61 Å². The summed E-state index contributed by atoms with van der Waals surface area (Å²) in [7, 11) is 0. The van der Waals surface area contributed by atoms with Gasteiger partial charge in [0.25, 0.3) is 11.8 Å².